The van der Waals surface area contributed by atoms with Crippen LogP contribution < -0.4 is 11.1 Å². The fourth-order valence-corrected chi connectivity index (χ4v) is 1.25. The molecule has 6 heteroatoms. The van der Waals surface area contributed by atoms with E-state index in [9.17, 15) is 9.59 Å². The van der Waals surface area contributed by atoms with E-state index in [2.05, 4.69) is 10.3 Å². The van der Waals surface area contributed by atoms with Crippen molar-refractivity contribution in [3.63, 3.8) is 0 Å². The number of H-pyrrole nitrogens is 1. The lowest BCUT2D eigenvalue weighted by Crippen LogP contribution is -2.00. The molecule has 0 bridgehead atoms. The number of rotatable bonds is 1. The molecule has 14 heavy (non-hydrogen) atoms. The second-order valence-corrected chi connectivity index (χ2v) is 2.97. The SMILES string of the molecule is O=C(Cl)Nc1ccc2[nH]c(=O)oc2c1. The third-order valence-electron chi connectivity index (χ3n) is 1.66. The third-order valence-corrected chi connectivity index (χ3v) is 1.76. The van der Waals surface area contributed by atoms with E-state index in [0.29, 0.717) is 16.8 Å². The number of aromatic nitrogens is 1. The van der Waals surface area contributed by atoms with Gasteiger partial charge in [-0.3, -0.25) is 9.78 Å². The fourth-order valence-electron chi connectivity index (χ4n) is 1.14. The third kappa shape index (κ3) is 1.62. The summed E-state index contributed by atoms with van der Waals surface area (Å²) in [6, 6.07) is 4.73. The van der Waals surface area contributed by atoms with Crippen LogP contribution >= 0.6 is 11.6 Å². The van der Waals surface area contributed by atoms with Crippen LogP contribution in [0.2, 0.25) is 0 Å². The Morgan fingerprint density at radius 1 is 1.50 bits per heavy atom. The van der Waals surface area contributed by atoms with E-state index in [4.69, 9.17) is 16.0 Å². The number of oxazole rings is 1. The molecule has 0 saturated heterocycles. The zero-order valence-electron chi connectivity index (χ0n) is 6.83. The highest BCUT2D eigenvalue weighted by atomic mass is 35.5. The monoisotopic (exact) mass is 212 g/mol. The van der Waals surface area contributed by atoms with E-state index in [1.54, 1.807) is 12.1 Å². The molecule has 0 saturated carbocycles. The van der Waals surface area contributed by atoms with Crippen molar-refractivity contribution in [3.8, 4) is 0 Å². The van der Waals surface area contributed by atoms with Crippen LogP contribution in [0.3, 0.4) is 0 Å². The molecule has 72 valence electrons. The van der Waals surface area contributed by atoms with Crippen molar-refractivity contribution in [2.45, 2.75) is 0 Å². The van der Waals surface area contributed by atoms with Crippen LogP contribution in [0.5, 0.6) is 0 Å². The van der Waals surface area contributed by atoms with Gasteiger partial charge in [0.1, 0.15) is 0 Å². The van der Waals surface area contributed by atoms with Gasteiger partial charge in [0.25, 0.3) is 0 Å². The Morgan fingerprint density at radius 3 is 3.00 bits per heavy atom. The summed E-state index contributed by atoms with van der Waals surface area (Å²) in [7, 11) is 0. The number of amides is 1. The van der Waals surface area contributed by atoms with Crippen molar-refractivity contribution >= 4 is 33.8 Å². The average molecular weight is 213 g/mol. The van der Waals surface area contributed by atoms with Crippen LogP contribution in [0, 0.1) is 0 Å². The minimum Gasteiger partial charge on any atom is -0.408 e. The topological polar surface area (TPSA) is 75.1 Å². The summed E-state index contributed by atoms with van der Waals surface area (Å²) in [5, 5.41) is 1.66. The molecule has 2 aromatic rings. The van der Waals surface area contributed by atoms with Crippen molar-refractivity contribution < 1.29 is 9.21 Å². The highest BCUT2D eigenvalue weighted by Crippen LogP contribution is 2.16. The molecule has 1 amide bonds. The molecular weight excluding hydrogens is 208 g/mol. The number of carbonyl (C=O) groups is 1. The Labute approximate surface area is 82.7 Å². The van der Waals surface area contributed by atoms with Gasteiger partial charge in [-0.15, -0.1) is 0 Å². The molecule has 0 unspecified atom stereocenters. The molecule has 0 atom stereocenters. The summed E-state index contributed by atoms with van der Waals surface area (Å²) in [5.41, 5.74) is 1.42. The Balaban J connectivity index is 2.50. The molecule has 1 aromatic carbocycles. The molecule has 0 fully saturated rings. The summed E-state index contributed by atoms with van der Waals surface area (Å²) < 4.78 is 4.78. The second-order valence-electron chi connectivity index (χ2n) is 2.62. The van der Waals surface area contributed by atoms with Crippen LogP contribution in [0.25, 0.3) is 11.1 Å². The molecule has 5 nitrogen and oxygen atoms in total. The largest absolute Gasteiger partial charge is 0.417 e. The van der Waals surface area contributed by atoms with Gasteiger partial charge in [-0.2, -0.15) is 0 Å². The first-order chi connectivity index (χ1) is 6.65. The van der Waals surface area contributed by atoms with Crippen LogP contribution in [0.1, 0.15) is 0 Å². The summed E-state index contributed by atoms with van der Waals surface area (Å²) in [4.78, 5) is 23.8. The van der Waals surface area contributed by atoms with Crippen LogP contribution in [-0.2, 0) is 0 Å². The lowest BCUT2D eigenvalue weighted by molar-refractivity contribution is 0.269. The van der Waals surface area contributed by atoms with Crippen molar-refractivity contribution in [1.82, 2.24) is 4.98 Å². The quantitative estimate of drug-likeness (QED) is 0.560. The zero-order valence-corrected chi connectivity index (χ0v) is 7.59. The average Bonchev–Trinajstić information content (AvgIpc) is 2.42. The van der Waals surface area contributed by atoms with Gasteiger partial charge in [-0.25, -0.2) is 4.79 Å². The normalized spacial score (nSPS) is 10.4. The highest BCUT2D eigenvalue weighted by Gasteiger charge is 2.03. The van der Waals surface area contributed by atoms with Gasteiger partial charge in [0, 0.05) is 11.8 Å². The Bertz CT molecular complexity index is 543. The van der Waals surface area contributed by atoms with Crippen molar-refractivity contribution in [3.05, 3.63) is 28.7 Å². The second kappa shape index (κ2) is 3.19. The van der Waals surface area contributed by atoms with Gasteiger partial charge >= 0.3 is 11.1 Å². The standard InChI is InChI=1S/C8H5ClN2O3/c9-7(12)10-4-1-2-5-6(3-4)14-8(13)11-5/h1-3H,(H,10,12)(H,11,13). The molecule has 0 aliphatic carbocycles. The lowest BCUT2D eigenvalue weighted by atomic mass is 10.3. The molecule has 2 rings (SSSR count). The first-order valence-electron chi connectivity index (χ1n) is 3.74. The van der Waals surface area contributed by atoms with Gasteiger partial charge < -0.3 is 9.73 Å². The molecule has 0 radical (unpaired) electrons. The first kappa shape index (κ1) is 8.83. The van der Waals surface area contributed by atoms with E-state index >= 15 is 0 Å². The highest BCUT2D eigenvalue weighted by molar-refractivity contribution is 6.65. The van der Waals surface area contributed by atoms with E-state index in [0.717, 1.165) is 0 Å². The Morgan fingerprint density at radius 2 is 2.29 bits per heavy atom. The summed E-state index contributed by atoms with van der Waals surface area (Å²) >= 11 is 5.12. The maximum atomic E-state index is 10.8. The van der Waals surface area contributed by atoms with Gasteiger partial charge in [-0.05, 0) is 23.7 Å². The van der Waals surface area contributed by atoms with E-state index in [-0.39, 0.29) is 0 Å². The van der Waals surface area contributed by atoms with Crippen LogP contribution in [0.4, 0.5) is 10.5 Å². The van der Waals surface area contributed by atoms with Crippen LogP contribution in [-0.4, -0.2) is 10.4 Å². The maximum Gasteiger partial charge on any atom is 0.417 e. The maximum absolute atomic E-state index is 10.8. The van der Waals surface area contributed by atoms with Gasteiger partial charge in [0.2, 0.25) is 0 Å². The van der Waals surface area contributed by atoms with E-state index in [1.165, 1.54) is 6.07 Å². The number of benzene rings is 1. The number of fused-ring (bicyclic) bond motifs is 1. The number of anilines is 1. The summed E-state index contributed by atoms with van der Waals surface area (Å²) in [5.74, 6) is -0.533. The first-order valence-corrected chi connectivity index (χ1v) is 4.12. The summed E-state index contributed by atoms with van der Waals surface area (Å²) in [6.07, 6.45) is 0. The summed E-state index contributed by atoms with van der Waals surface area (Å²) in [6.45, 7) is 0. The molecular formula is C8H5ClN2O3. The molecule has 1 heterocycles. The molecule has 1 aromatic heterocycles. The number of nitrogens with one attached hydrogen (secondary N) is 2. The molecule has 0 aliphatic heterocycles. The minimum absolute atomic E-state index is 0.373. The number of carbonyl (C=O) groups excluding carboxylic acids is 1. The van der Waals surface area contributed by atoms with Gasteiger partial charge in [-0.1, -0.05) is 0 Å². The van der Waals surface area contributed by atoms with Crippen LogP contribution in [0.15, 0.2) is 27.4 Å². The molecule has 2 N–H and O–H groups in total. The lowest BCUT2D eigenvalue weighted by Gasteiger charge is -1.98. The molecule has 0 aliphatic rings. The van der Waals surface area contributed by atoms with Crippen molar-refractivity contribution in [2.24, 2.45) is 0 Å². The van der Waals surface area contributed by atoms with Crippen molar-refractivity contribution in [2.75, 3.05) is 5.32 Å². The molecule has 0 spiro atoms. The van der Waals surface area contributed by atoms with Crippen molar-refractivity contribution in [1.29, 1.82) is 0 Å². The number of hydrogen-bond donors (Lipinski definition) is 2. The predicted molar refractivity (Wildman–Crippen MR) is 51.7 cm³/mol. The minimum atomic E-state index is -0.692. The van der Waals surface area contributed by atoms with Gasteiger partial charge in [0.15, 0.2) is 5.58 Å². The number of halogens is 1. The predicted octanol–water partition coefficient (Wildman–Crippen LogP) is 1.89. The number of aromatic amines is 1. The Hall–Kier alpha value is -1.75. The number of hydrogen-bond acceptors (Lipinski definition) is 3. The Kier molecular flexibility index (Phi) is 2.01. The fraction of sp³-hybridized carbons (Fsp3) is 0. The van der Waals surface area contributed by atoms with Gasteiger partial charge in [0.05, 0.1) is 5.52 Å². The zero-order chi connectivity index (χ0) is 10.1. The van der Waals surface area contributed by atoms with E-state index < -0.39 is 11.1 Å². The smallest absolute Gasteiger partial charge is 0.408 e. The van der Waals surface area contributed by atoms with E-state index in [1.807, 2.05) is 0 Å².